The fraction of sp³-hybridized carbons (Fsp3) is 0.273. The first-order valence-corrected chi connectivity index (χ1v) is 8.82. The lowest BCUT2D eigenvalue weighted by Crippen LogP contribution is -2.07. The van der Waals surface area contributed by atoms with Crippen molar-refractivity contribution in [2.24, 2.45) is 15.0 Å². The molecule has 0 bridgehead atoms. The second-order valence-electron chi connectivity index (χ2n) is 6.68. The van der Waals surface area contributed by atoms with Gasteiger partial charge in [0.25, 0.3) is 0 Å². The molecule has 3 rings (SSSR count). The smallest absolute Gasteiger partial charge is 0.152 e. The molecule has 2 heterocycles. The number of aromatic nitrogens is 1. The van der Waals surface area contributed by atoms with Gasteiger partial charge in [0.2, 0.25) is 0 Å². The molecular weight excluding hydrogens is 320 g/mol. The maximum Gasteiger partial charge on any atom is 0.152 e. The third kappa shape index (κ3) is 4.02. The quantitative estimate of drug-likeness (QED) is 0.664. The molecule has 0 aliphatic carbocycles. The summed E-state index contributed by atoms with van der Waals surface area (Å²) in [6.45, 7) is 10.3. The van der Waals surface area contributed by atoms with Crippen LogP contribution in [0.4, 0.5) is 11.5 Å². The second-order valence-corrected chi connectivity index (χ2v) is 6.68. The maximum absolute atomic E-state index is 4.85. The topological polar surface area (TPSA) is 50.0 Å². The van der Waals surface area contributed by atoms with Gasteiger partial charge in [-0.2, -0.15) is 0 Å². The van der Waals surface area contributed by atoms with E-state index in [-0.39, 0.29) is 0 Å². The third-order valence-electron chi connectivity index (χ3n) is 4.38. The van der Waals surface area contributed by atoms with Gasteiger partial charge >= 0.3 is 0 Å². The lowest BCUT2D eigenvalue weighted by atomic mass is 10.1. The summed E-state index contributed by atoms with van der Waals surface area (Å²) in [5, 5.41) is 0. The molecular formula is C22H24N4. The molecule has 0 saturated carbocycles. The Balaban J connectivity index is 1.84. The van der Waals surface area contributed by atoms with E-state index in [1.54, 1.807) is 6.20 Å². The molecule has 0 fully saturated rings. The molecule has 1 aromatic heterocycles. The average molecular weight is 344 g/mol. The Hall–Kier alpha value is -2.88. The predicted octanol–water partition coefficient (Wildman–Crippen LogP) is 5.62. The van der Waals surface area contributed by atoms with Crippen LogP contribution in [0.3, 0.4) is 0 Å². The highest BCUT2D eigenvalue weighted by atomic mass is 14.9. The SMILES string of the molecule is CC(=Nc1c(C)cc(C)cc1C)C1=CCC(/C(C)=N/c2ccccn2)=N1. The maximum atomic E-state index is 4.85. The average Bonchev–Trinajstić information content (AvgIpc) is 3.09. The van der Waals surface area contributed by atoms with Gasteiger partial charge in [-0.05, 0) is 57.9 Å². The van der Waals surface area contributed by atoms with Gasteiger partial charge in [-0.1, -0.05) is 29.8 Å². The van der Waals surface area contributed by atoms with Crippen LogP contribution in [0.1, 0.15) is 37.0 Å². The molecule has 0 amide bonds. The van der Waals surface area contributed by atoms with Crippen LogP contribution < -0.4 is 0 Å². The van der Waals surface area contributed by atoms with E-state index in [9.17, 15) is 0 Å². The van der Waals surface area contributed by atoms with E-state index in [1.807, 2.05) is 32.0 Å². The minimum atomic E-state index is 0.706. The van der Waals surface area contributed by atoms with E-state index in [0.29, 0.717) is 5.82 Å². The van der Waals surface area contributed by atoms with Crippen molar-refractivity contribution in [3.63, 3.8) is 0 Å². The van der Waals surface area contributed by atoms with Crippen molar-refractivity contribution in [3.05, 3.63) is 65.0 Å². The summed E-state index contributed by atoms with van der Waals surface area (Å²) in [7, 11) is 0. The Bertz CT molecular complexity index is 924. The Morgan fingerprint density at radius 1 is 0.962 bits per heavy atom. The molecule has 4 nitrogen and oxygen atoms in total. The van der Waals surface area contributed by atoms with Gasteiger partial charge in [-0.25, -0.2) is 15.0 Å². The standard InChI is InChI=1S/C22H24N4/c1-14-12-15(2)22(16(3)13-14)25-18(5)20-10-9-19(26-20)17(4)24-21-8-6-7-11-23-21/h6-8,10-13H,9H2,1-5H3/b24-17+,25-18?. The second kappa shape index (κ2) is 7.56. The van der Waals surface area contributed by atoms with E-state index in [1.165, 1.54) is 16.7 Å². The fourth-order valence-corrected chi connectivity index (χ4v) is 3.12. The van der Waals surface area contributed by atoms with Crippen molar-refractivity contribution < 1.29 is 0 Å². The molecule has 132 valence electrons. The fourth-order valence-electron chi connectivity index (χ4n) is 3.12. The van der Waals surface area contributed by atoms with Crippen LogP contribution in [0, 0.1) is 20.8 Å². The lowest BCUT2D eigenvalue weighted by Gasteiger charge is -2.08. The number of nitrogens with zero attached hydrogens (tertiary/aromatic N) is 4. The zero-order chi connectivity index (χ0) is 18.7. The minimum absolute atomic E-state index is 0.706. The van der Waals surface area contributed by atoms with Crippen LogP contribution in [0.5, 0.6) is 0 Å². The number of pyridine rings is 1. The molecule has 0 N–H and O–H groups in total. The highest BCUT2D eigenvalue weighted by Gasteiger charge is 2.14. The van der Waals surface area contributed by atoms with Crippen molar-refractivity contribution in [2.45, 2.75) is 41.0 Å². The number of hydrogen-bond donors (Lipinski definition) is 0. The van der Waals surface area contributed by atoms with E-state index in [4.69, 9.17) is 9.98 Å². The molecule has 0 spiro atoms. The van der Waals surface area contributed by atoms with Crippen molar-refractivity contribution in [1.29, 1.82) is 0 Å². The van der Waals surface area contributed by atoms with Gasteiger partial charge in [0.05, 0.1) is 28.5 Å². The monoisotopic (exact) mass is 344 g/mol. The van der Waals surface area contributed by atoms with Crippen LogP contribution in [0.25, 0.3) is 0 Å². The van der Waals surface area contributed by atoms with Crippen LogP contribution in [-0.4, -0.2) is 22.1 Å². The van der Waals surface area contributed by atoms with Crippen molar-refractivity contribution in [2.75, 3.05) is 0 Å². The molecule has 0 unspecified atom stereocenters. The highest BCUT2D eigenvalue weighted by Crippen LogP contribution is 2.27. The van der Waals surface area contributed by atoms with E-state index in [2.05, 4.69) is 49.0 Å². The van der Waals surface area contributed by atoms with Gasteiger partial charge in [0.1, 0.15) is 0 Å². The first-order valence-electron chi connectivity index (χ1n) is 8.82. The first-order chi connectivity index (χ1) is 12.4. The Morgan fingerprint density at radius 2 is 1.69 bits per heavy atom. The zero-order valence-electron chi connectivity index (χ0n) is 16.0. The summed E-state index contributed by atoms with van der Waals surface area (Å²) >= 11 is 0. The van der Waals surface area contributed by atoms with E-state index in [0.717, 1.165) is 34.9 Å². The summed E-state index contributed by atoms with van der Waals surface area (Å²) in [6, 6.07) is 10.0. The summed E-state index contributed by atoms with van der Waals surface area (Å²) < 4.78 is 0. The number of allylic oxidation sites excluding steroid dienone is 2. The summed E-state index contributed by atoms with van der Waals surface area (Å²) in [5.74, 6) is 0.706. The van der Waals surface area contributed by atoms with Crippen LogP contribution >= 0.6 is 0 Å². The zero-order valence-corrected chi connectivity index (χ0v) is 16.0. The Labute approximate surface area is 155 Å². The van der Waals surface area contributed by atoms with Gasteiger partial charge in [0, 0.05) is 12.6 Å². The van der Waals surface area contributed by atoms with Gasteiger partial charge < -0.3 is 0 Å². The largest absolute Gasteiger partial charge is 0.251 e. The third-order valence-corrected chi connectivity index (χ3v) is 4.38. The summed E-state index contributed by atoms with van der Waals surface area (Å²) in [5.41, 5.74) is 8.41. The van der Waals surface area contributed by atoms with Crippen molar-refractivity contribution in [1.82, 2.24) is 4.98 Å². The Morgan fingerprint density at radius 3 is 2.35 bits per heavy atom. The van der Waals surface area contributed by atoms with Crippen LogP contribution in [-0.2, 0) is 0 Å². The number of aliphatic imine (C=N–C) groups is 3. The minimum Gasteiger partial charge on any atom is -0.251 e. The molecule has 0 atom stereocenters. The molecule has 0 radical (unpaired) electrons. The van der Waals surface area contributed by atoms with Gasteiger partial charge in [-0.3, -0.25) is 4.99 Å². The first kappa shape index (κ1) is 17.9. The Kier molecular flexibility index (Phi) is 5.21. The van der Waals surface area contributed by atoms with Crippen molar-refractivity contribution in [3.8, 4) is 0 Å². The summed E-state index contributed by atoms with van der Waals surface area (Å²) in [6.07, 6.45) is 4.63. The number of rotatable bonds is 4. The number of aryl methyl sites for hydroxylation is 3. The van der Waals surface area contributed by atoms with Gasteiger partial charge in [0.15, 0.2) is 5.82 Å². The highest BCUT2D eigenvalue weighted by molar-refractivity contribution is 6.43. The van der Waals surface area contributed by atoms with Crippen molar-refractivity contribution >= 4 is 28.6 Å². The van der Waals surface area contributed by atoms with Crippen LogP contribution in [0.2, 0.25) is 0 Å². The van der Waals surface area contributed by atoms with Gasteiger partial charge in [-0.15, -0.1) is 0 Å². The van der Waals surface area contributed by atoms with Crippen LogP contribution in [0.15, 0.2) is 63.3 Å². The van der Waals surface area contributed by atoms with E-state index < -0.39 is 0 Å². The summed E-state index contributed by atoms with van der Waals surface area (Å²) in [4.78, 5) is 18.4. The lowest BCUT2D eigenvalue weighted by molar-refractivity contribution is 1.27. The van der Waals surface area contributed by atoms with E-state index >= 15 is 0 Å². The normalized spacial score (nSPS) is 15.1. The molecule has 4 heteroatoms. The molecule has 2 aromatic rings. The number of hydrogen-bond acceptors (Lipinski definition) is 4. The molecule has 1 aromatic carbocycles. The number of benzene rings is 1. The molecule has 1 aliphatic heterocycles. The molecule has 1 aliphatic rings. The molecule has 26 heavy (non-hydrogen) atoms. The predicted molar refractivity (Wildman–Crippen MR) is 111 cm³/mol. The molecule has 0 saturated heterocycles.